The minimum atomic E-state index is -0.251. The van der Waals surface area contributed by atoms with E-state index in [1.807, 2.05) is 4.90 Å². The van der Waals surface area contributed by atoms with Gasteiger partial charge in [-0.1, -0.05) is 30.7 Å². The van der Waals surface area contributed by atoms with Crippen LogP contribution in [0.25, 0.3) is 0 Å². The number of carbonyl (C=O) groups is 2. The molecular weight excluding hydrogens is 336 g/mol. The second-order valence-corrected chi connectivity index (χ2v) is 6.96. The Morgan fingerprint density at radius 3 is 2.44 bits per heavy atom. The number of likely N-dealkylation sites (tertiary alicyclic amines) is 1. The summed E-state index contributed by atoms with van der Waals surface area (Å²) in [6.07, 6.45) is 2.08. The number of anilines is 1. The average Bonchev–Trinajstić information content (AvgIpc) is 2.62. The lowest BCUT2D eigenvalue weighted by Crippen LogP contribution is -2.37. The zero-order valence-corrected chi connectivity index (χ0v) is 14.9. The van der Waals surface area contributed by atoms with Crippen molar-refractivity contribution in [1.29, 1.82) is 0 Å². The predicted octanol–water partition coefficient (Wildman–Crippen LogP) is 4.46. The zero-order valence-electron chi connectivity index (χ0n) is 14.2. The number of nitrogens with zero attached hydrogens (tertiary/aromatic N) is 1. The van der Waals surface area contributed by atoms with Gasteiger partial charge in [-0.05, 0) is 55.2 Å². The van der Waals surface area contributed by atoms with E-state index in [0.29, 0.717) is 27.8 Å². The molecule has 2 aromatic rings. The third-order valence-electron chi connectivity index (χ3n) is 4.53. The lowest BCUT2D eigenvalue weighted by Gasteiger charge is -2.30. The number of piperidine rings is 1. The molecule has 0 saturated carbocycles. The van der Waals surface area contributed by atoms with Gasteiger partial charge in [-0.3, -0.25) is 9.59 Å². The van der Waals surface area contributed by atoms with Gasteiger partial charge in [-0.2, -0.15) is 0 Å². The molecule has 25 heavy (non-hydrogen) atoms. The van der Waals surface area contributed by atoms with Crippen LogP contribution in [0.2, 0.25) is 5.02 Å². The van der Waals surface area contributed by atoms with Gasteiger partial charge < -0.3 is 10.2 Å². The van der Waals surface area contributed by atoms with Crippen molar-refractivity contribution in [2.24, 2.45) is 5.92 Å². The first-order valence-corrected chi connectivity index (χ1v) is 8.87. The summed E-state index contributed by atoms with van der Waals surface area (Å²) in [4.78, 5) is 26.9. The molecular formula is C20H21ClN2O2. The van der Waals surface area contributed by atoms with Gasteiger partial charge in [0.25, 0.3) is 11.8 Å². The topological polar surface area (TPSA) is 49.4 Å². The van der Waals surface area contributed by atoms with E-state index in [2.05, 4.69) is 12.2 Å². The summed E-state index contributed by atoms with van der Waals surface area (Å²) in [5, 5.41) is 3.33. The Morgan fingerprint density at radius 1 is 1.04 bits per heavy atom. The van der Waals surface area contributed by atoms with E-state index in [1.165, 1.54) is 0 Å². The number of amides is 2. The Kier molecular flexibility index (Phi) is 5.39. The van der Waals surface area contributed by atoms with E-state index in [4.69, 9.17) is 11.6 Å². The van der Waals surface area contributed by atoms with Crippen molar-refractivity contribution in [2.45, 2.75) is 19.8 Å². The summed E-state index contributed by atoms with van der Waals surface area (Å²) in [5.74, 6) is 0.442. The molecule has 0 spiro atoms. The maximum Gasteiger partial charge on any atom is 0.255 e. The molecule has 0 unspecified atom stereocenters. The molecule has 5 heteroatoms. The van der Waals surface area contributed by atoms with Crippen molar-refractivity contribution in [1.82, 2.24) is 4.90 Å². The molecule has 1 aliphatic rings. The fourth-order valence-corrected chi connectivity index (χ4v) is 3.15. The van der Waals surface area contributed by atoms with Gasteiger partial charge in [0.15, 0.2) is 0 Å². The minimum Gasteiger partial charge on any atom is -0.339 e. The molecule has 2 amide bonds. The minimum absolute atomic E-state index is 0.0192. The molecule has 1 aliphatic heterocycles. The van der Waals surface area contributed by atoms with Gasteiger partial charge in [0.05, 0.1) is 0 Å². The molecule has 0 aromatic heterocycles. The highest BCUT2D eigenvalue weighted by atomic mass is 35.5. The van der Waals surface area contributed by atoms with E-state index in [9.17, 15) is 9.59 Å². The molecule has 0 aliphatic carbocycles. The highest BCUT2D eigenvalue weighted by Gasteiger charge is 2.21. The first-order valence-electron chi connectivity index (χ1n) is 8.49. The fourth-order valence-electron chi connectivity index (χ4n) is 2.96. The van der Waals surface area contributed by atoms with E-state index in [0.717, 1.165) is 25.9 Å². The van der Waals surface area contributed by atoms with Gasteiger partial charge in [-0.25, -0.2) is 0 Å². The molecule has 2 aromatic carbocycles. The Balaban J connectivity index is 1.71. The van der Waals surface area contributed by atoms with Crippen LogP contribution in [0.1, 0.15) is 40.5 Å². The van der Waals surface area contributed by atoms with Crippen LogP contribution in [0, 0.1) is 5.92 Å². The first-order chi connectivity index (χ1) is 12.0. The zero-order chi connectivity index (χ0) is 17.8. The van der Waals surface area contributed by atoms with E-state index in [1.54, 1.807) is 48.5 Å². The molecule has 1 saturated heterocycles. The number of benzene rings is 2. The summed E-state index contributed by atoms with van der Waals surface area (Å²) in [6, 6.07) is 13.8. The van der Waals surface area contributed by atoms with Crippen LogP contribution in [0.4, 0.5) is 5.69 Å². The van der Waals surface area contributed by atoms with Crippen molar-refractivity contribution in [2.75, 3.05) is 18.4 Å². The van der Waals surface area contributed by atoms with Crippen molar-refractivity contribution in [3.05, 3.63) is 64.7 Å². The first kappa shape index (κ1) is 17.5. The summed E-state index contributed by atoms with van der Waals surface area (Å²) in [5.41, 5.74) is 1.67. The van der Waals surface area contributed by atoms with Crippen molar-refractivity contribution < 1.29 is 9.59 Å². The smallest absolute Gasteiger partial charge is 0.255 e. The largest absolute Gasteiger partial charge is 0.339 e. The number of halogens is 1. The van der Waals surface area contributed by atoms with E-state index in [-0.39, 0.29) is 11.8 Å². The standard InChI is InChI=1S/C20H21ClN2O2/c1-14-8-10-23(11-9-14)20(25)16-5-3-7-18(13-16)22-19(24)15-4-2-6-17(21)12-15/h2-7,12-14H,8-11H2,1H3,(H,22,24). The summed E-state index contributed by atoms with van der Waals surface area (Å²) >= 11 is 5.92. The fraction of sp³-hybridized carbons (Fsp3) is 0.300. The Bertz CT molecular complexity index is 783. The lowest BCUT2D eigenvalue weighted by molar-refractivity contribution is 0.0697. The van der Waals surface area contributed by atoms with Crippen LogP contribution in [0.15, 0.2) is 48.5 Å². The van der Waals surface area contributed by atoms with Crippen LogP contribution < -0.4 is 5.32 Å². The SMILES string of the molecule is CC1CCN(C(=O)c2cccc(NC(=O)c3cccc(Cl)c3)c2)CC1. The molecule has 1 heterocycles. The third-order valence-corrected chi connectivity index (χ3v) is 4.76. The maximum atomic E-state index is 12.7. The Labute approximate surface area is 152 Å². The molecule has 0 radical (unpaired) electrons. The van der Waals surface area contributed by atoms with Crippen LogP contribution >= 0.6 is 11.6 Å². The average molecular weight is 357 g/mol. The van der Waals surface area contributed by atoms with E-state index >= 15 is 0 Å². The highest BCUT2D eigenvalue weighted by Crippen LogP contribution is 2.20. The monoisotopic (exact) mass is 356 g/mol. The van der Waals surface area contributed by atoms with Gasteiger partial charge >= 0.3 is 0 Å². The summed E-state index contributed by atoms with van der Waals surface area (Å²) in [6.45, 7) is 3.80. The van der Waals surface area contributed by atoms with Crippen LogP contribution in [0.3, 0.4) is 0 Å². The predicted molar refractivity (Wildman–Crippen MR) is 100 cm³/mol. The van der Waals surface area contributed by atoms with Gasteiger partial charge in [0, 0.05) is 34.9 Å². The van der Waals surface area contributed by atoms with Crippen molar-refractivity contribution >= 4 is 29.1 Å². The quantitative estimate of drug-likeness (QED) is 0.882. The van der Waals surface area contributed by atoms with Crippen molar-refractivity contribution in [3.8, 4) is 0 Å². The van der Waals surface area contributed by atoms with E-state index < -0.39 is 0 Å². The summed E-state index contributed by atoms with van der Waals surface area (Å²) < 4.78 is 0. The number of rotatable bonds is 3. The number of hydrogen-bond donors (Lipinski definition) is 1. The van der Waals surface area contributed by atoms with Crippen molar-refractivity contribution in [3.63, 3.8) is 0 Å². The number of hydrogen-bond acceptors (Lipinski definition) is 2. The molecule has 0 bridgehead atoms. The van der Waals surface area contributed by atoms with Crippen LogP contribution in [-0.2, 0) is 0 Å². The Morgan fingerprint density at radius 2 is 1.72 bits per heavy atom. The molecule has 1 N–H and O–H groups in total. The Hall–Kier alpha value is -2.33. The maximum absolute atomic E-state index is 12.7. The second-order valence-electron chi connectivity index (χ2n) is 6.52. The number of carbonyl (C=O) groups excluding carboxylic acids is 2. The normalized spacial score (nSPS) is 15.0. The number of nitrogens with one attached hydrogen (secondary N) is 1. The van der Waals surface area contributed by atoms with Gasteiger partial charge in [-0.15, -0.1) is 0 Å². The second kappa shape index (κ2) is 7.70. The molecule has 4 nitrogen and oxygen atoms in total. The van der Waals surface area contributed by atoms with Gasteiger partial charge in [0.1, 0.15) is 0 Å². The molecule has 130 valence electrons. The summed E-state index contributed by atoms with van der Waals surface area (Å²) in [7, 11) is 0. The third kappa shape index (κ3) is 4.40. The lowest BCUT2D eigenvalue weighted by atomic mass is 9.98. The van der Waals surface area contributed by atoms with Crippen LogP contribution in [0.5, 0.6) is 0 Å². The van der Waals surface area contributed by atoms with Crippen LogP contribution in [-0.4, -0.2) is 29.8 Å². The molecule has 3 rings (SSSR count). The molecule has 1 fully saturated rings. The van der Waals surface area contributed by atoms with Gasteiger partial charge in [0.2, 0.25) is 0 Å². The highest BCUT2D eigenvalue weighted by molar-refractivity contribution is 6.31. The molecule has 0 atom stereocenters.